The molecule has 0 aromatic heterocycles. The van der Waals surface area contributed by atoms with Crippen molar-refractivity contribution in [2.24, 2.45) is 0 Å². The molecule has 0 N–H and O–H groups in total. The summed E-state index contributed by atoms with van der Waals surface area (Å²) in [5.74, 6) is 0.344. The fraction of sp³-hybridized carbons (Fsp3) is 1.00. The van der Waals surface area contributed by atoms with E-state index >= 15 is 0 Å². The summed E-state index contributed by atoms with van der Waals surface area (Å²) in [6.45, 7) is 0.377. The smallest absolute Gasteiger partial charge is 0.240 e. The lowest BCUT2D eigenvalue weighted by molar-refractivity contribution is -0.0499. The molecule has 6 heteroatoms. The predicted molar refractivity (Wildman–Crippen MR) is 45.6 cm³/mol. The quantitative estimate of drug-likeness (QED) is 0.655. The SMILES string of the molecule is ClC[C@H]1CO[C@@H](C(Cl)(Cl)Cl)O1. The van der Waals surface area contributed by atoms with Crippen LogP contribution in [0.1, 0.15) is 0 Å². The molecule has 66 valence electrons. The van der Waals surface area contributed by atoms with Crippen LogP contribution >= 0.6 is 46.4 Å². The van der Waals surface area contributed by atoms with Crippen molar-refractivity contribution in [3.8, 4) is 0 Å². The van der Waals surface area contributed by atoms with E-state index in [1.807, 2.05) is 0 Å². The highest BCUT2D eigenvalue weighted by Gasteiger charge is 2.40. The van der Waals surface area contributed by atoms with Crippen LogP contribution in [0.3, 0.4) is 0 Å². The van der Waals surface area contributed by atoms with Crippen molar-refractivity contribution in [1.82, 2.24) is 0 Å². The molecule has 1 aliphatic rings. The van der Waals surface area contributed by atoms with Gasteiger partial charge in [0.15, 0.2) is 0 Å². The van der Waals surface area contributed by atoms with Gasteiger partial charge in [0.25, 0.3) is 0 Å². The van der Waals surface area contributed by atoms with Gasteiger partial charge in [0, 0.05) is 0 Å². The van der Waals surface area contributed by atoms with Crippen LogP contribution < -0.4 is 0 Å². The van der Waals surface area contributed by atoms with E-state index in [2.05, 4.69) is 0 Å². The zero-order chi connectivity index (χ0) is 8.48. The molecule has 0 amide bonds. The molecule has 0 aliphatic carbocycles. The van der Waals surface area contributed by atoms with Crippen molar-refractivity contribution in [3.05, 3.63) is 0 Å². The number of hydrogen-bond donors (Lipinski definition) is 0. The lowest BCUT2D eigenvalue weighted by Crippen LogP contribution is -2.27. The van der Waals surface area contributed by atoms with E-state index in [-0.39, 0.29) is 6.10 Å². The zero-order valence-electron chi connectivity index (χ0n) is 5.40. The Morgan fingerprint density at radius 3 is 2.27 bits per heavy atom. The number of rotatable bonds is 1. The molecular weight excluding hydrogens is 234 g/mol. The highest BCUT2D eigenvalue weighted by molar-refractivity contribution is 6.67. The number of alkyl halides is 4. The molecule has 1 saturated heterocycles. The van der Waals surface area contributed by atoms with Gasteiger partial charge in [-0.2, -0.15) is 0 Å². The second-order valence-electron chi connectivity index (χ2n) is 2.12. The van der Waals surface area contributed by atoms with Gasteiger partial charge in [0.2, 0.25) is 10.1 Å². The van der Waals surface area contributed by atoms with Crippen molar-refractivity contribution in [2.75, 3.05) is 12.5 Å². The van der Waals surface area contributed by atoms with Crippen LogP contribution in [0.5, 0.6) is 0 Å². The topological polar surface area (TPSA) is 18.5 Å². The Labute approximate surface area is 84.6 Å². The van der Waals surface area contributed by atoms with E-state index in [9.17, 15) is 0 Å². The van der Waals surface area contributed by atoms with Gasteiger partial charge >= 0.3 is 0 Å². The average Bonchev–Trinajstić information content (AvgIpc) is 2.32. The Hall–Kier alpha value is 1.08. The Morgan fingerprint density at radius 1 is 1.36 bits per heavy atom. The van der Waals surface area contributed by atoms with Crippen molar-refractivity contribution in [3.63, 3.8) is 0 Å². The standard InChI is InChI=1S/C5H6Cl4O2/c6-1-3-2-10-4(11-3)5(7,8)9/h3-4H,1-2H2/t3-,4+/m0/s1. The van der Waals surface area contributed by atoms with Gasteiger partial charge in [0.05, 0.1) is 18.6 Å². The minimum Gasteiger partial charge on any atom is -0.346 e. The fourth-order valence-corrected chi connectivity index (χ4v) is 1.21. The first-order chi connectivity index (χ1) is 5.04. The van der Waals surface area contributed by atoms with Crippen LogP contribution in [0, 0.1) is 0 Å². The van der Waals surface area contributed by atoms with Crippen LogP contribution in [-0.2, 0) is 9.47 Å². The van der Waals surface area contributed by atoms with Gasteiger partial charge in [0.1, 0.15) is 0 Å². The summed E-state index contributed by atoms with van der Waals surface area (Å²) in [7, 11) is 0. The van der Waals surface area contributed by atoms with E-state index < -0.39 is 10.1 Å². The fourth-order valence-electron chi connectivity index (χ4n) is 0.701. The molecule has 0 saturated carbocycles. The van der Waals surface area contributed by atoms with Crippen molar-refractivity contribution in [2.45, 2.75) is 16.2 Å². The first kappa shape index (κ1) is 10.2. The third-order valence-corrected chi connectivity index (χ3v) is 2.07. The first-order valence-corrected chi connectivity index (χ1v) is 4.60. The van der Waals surface area contributed by atoms with Crippen LogP contribution in [0.4, 0.5) is 0 Å². The summed E-state index contributed by atoms with van der Waals surface area (Å²) >= 11 is 22.0. The average molecular weight is 240 g/mol. The molecule has 11 heavy (non-hydrogen) atoms. The Kier molecular flexibility index (Phi) is 3.57. The van der Waals surface area contributed by atoms with Gasteiger partial charge in [-0.15, -0.1) is 11.6 Å². The maximum atomic E-state index is 5.50. The summed E-state index contributed by atoms with van der Waals surface area (Å²) in [6, 6.07) is 0. The molecule has 0 aromatic carbocycles. The minimum atomic E-state index is -1.53. The zero-order valence-corrected chi connectivity index (χ0v) is 8.42. The first-order valence-electron chi connectivity index (χ1n) is 2.94. The number of ether oxygens (including phenoxy) is 2. The largest absolute Gasteiger partial charge is 0.346 e. The molecule has 0 radical (unpaired) electrons. The van der Waals surface area contributed by atoms with Gasteiger partial charge in [-0.3, -0.25) is 0 Å². The molecule has 1 fully saturated rings. The second-order valence-corrected chi connectivity index (χ2v) is 4.80. The third kappa shape index (κ3) is 2.79. The van der Waals surface area contributed by atoms with Crippen molar-refractivity contribution >= 4 is 46.4 Å². The van der Waals surface area contributed by atoms with Crippen LogP contribution in [0.2, 0.25) is 0 Å². The maximum absolute atomic E-state index is 5.50. The molecule has 2 atom stereocenters. The Bertz CT molecular complexity index is 135. The number of halogens is 4. The predicted octanol–water partition coefficient (Wildman–Crippen LogP) is 2.34. The second kappa shape index (κ2) is 3.86. The van der Waals surface area contributed by atoms with Crippen LogP contribution in [-0.4, -0.2) is 28.7 Å². The molecular formula is C5H6Cl4O2. The summed E-state index contributed by atoms with van der Waals surface area (Å²) in [5, 5.41) is 0. The summed E-state index contributed by atoms with van der Waals surface area (Å²) in [5.41, 5.74) is 0. The van der Waals surface area contributed by atoms with Crippen LogP contribution in [0.25, 0.3) is 0 Å². The lowest BCUT2D eigenvalue weighted by atomic mass is 10.4. The highest BCUT2D eigenvalue weighted by Crippen LogP contribution is 2.36. The molecule has 1 rings (SSSR count). The Balaban J connectivity index is 2.42. The molecule has 0 bridgehead atoms. The summed E-state index contributed by atoms with van der Waals surface area (Å²) in [4.78, 5) is 0. The van der Waals surface area contributed by atoms with E-state index in [0.29, 0.717) is 12.5 Å². The molecule has 0 aromatic rings. The van der Waals surface area contributed by atoms with Gasteiger partial charge in [-0.25, -0.2) is 0 Å². The van der Waals surface area contributed by atoms with Crippen molar-refractivity contribution < 1.29 is 9.47 Å². The minimum absolute atomic E-state index is 0.169. The monoisotopic (exact) mass is 238 g/mol. The van der Waals surface area contributed by atoms with E-state index in [1.165, 1.54) is 0 Å². The lowest BCUT2D eigenvalue weighted by Gasteiger charge is -2.17. The molecule has 2 nitrogen and oxygen atoms in total. The number of hydrogen-bond acceptors (Lipinski definition) is 2. The third-order valence-electron chi connectivity index (χ3n) is 1.19. The van der Waals surface area contributed by atoms with Gasteiger partial charge in [-0.1, -0.05) is 34.8 Å². The molecule has 1 aliphatic heterocycles. The normalized spacial score (nSPS) is 32.7. The van der Waals surface area contributed by atoms with E-state index in [1.54, 1.807) is 0 Å². The molecule has 0 unspecified atom stereocenters. The van der Waals surface area contributed by atoms with E-state index in [4.69, 9.17) is 55.9 Å². The molecule has 1 heterocycles. The van der Waals surface area contributed by atoms with Gasteiger partial charge < -0.3 is 9.47 Å². The van der Waals surface area contributed by atoms with Gasteiger partial charge in [-0.05, 0) is 0 Å². The maximum Gasteiger partial charge on any atom is 0.240 e. The Morgan fingerprint density at radius 2 is 2.00 bits per heavy atom. The van der Waals surface area contributed by atoms with Crippen molar-refractivity contribution in [1.29, 1.82) is 0 Å². The molecule has 0 spiro atoms. The van der Waals surface area contributed by atoms with Crippen LogP contribution in [0.15, 0.2) is 0 Å². The summed E-state index contributed by atoms with van der Waals surface area (Å²) < 4.78 is 8.62. The summed E-state index contributed by atoms with van der Waals surface area (Å²) in [6.07, 6.45) is -0.964. The highest BCUT2D eigenvalue weighted by atomic mass is 35.6. The van der Waals surface area contributed by atoms with E-state index in [0.717, 1.165) is 0 Å².